The van der Waals surface area contributed by atoms with Gasteiger partial charge in [-0.05, 0) is 20.5 Å². The van der Waals surface area contributed by atoms with Crippen molar-refractivity contribution in [2.45, 2.75) is 13.3 Å². The molecule has 0 spiro atoms. The summed E-state index contributed by atoms with van der Waals surface area (Å²) in [5, 5.41) is 3.32. The molecule has 6 nitrogen and oxygen atoms in total. The smallest absolute Gasteiger partial charge is 0.134 e. The number of aromatic nitrogens is 2. The van der Waals surface area contributed by atoms with Crippen LogP contribution in [0.25, 0.3) is 0 Å². The van der Waals surface area contributed by atoms with Gasteiger partial charge < -0.3 is 15.1 Å². The van der Waals surface area contributed by atoms with E-state index in [-0.39, 0.29) is 0 Å². The van der Waals surface area contributed by atoms with Crippen LogP contribution in [0.1, 0.15) is 13.3 Å². The third-order valence-electron chi connectivity index (χ3n) is 3.77. The second-order valence-corrected chi connectivity index (χ2v) is 5.82. The molecular weight excluding hydrogens is 264 g/mol. The molecule has 0 radical (unpaired) electrons. The molecule has 1 aromatic rings. The van der Waals surface area contributed by atoms with Gasteiger partial charge in [0.15, 0.2) is 0 Å². The molecule has 21 heavy (non-hydrogen) atoms. The SMILES string of the molecule is CCCNc1cc(N2CCN(CCN(C)C)CC2)ncn1. The Morgan fingerprint density at radius 2 is 1.95 bits per heavy atom. The van der Waals surface area contributed by atoms with Crippen molar-refractivity contribution in [3.63, 3.8) is 0 Å². The van der Waals surface area contributed by atoms with Crippen molar-refractivity contribution in [2.75, 3.05) is 70.1 Å². The average Bonchev–Trinajstić information content (AvgIpc) is 2.51. The number of piperazine rings is 1. The Morgan fingerprint density at radius 3 is 2.62 bits per heavy atom. The number of hydrogen-bond acceptors (Lipinski definition) is 6. The number of likely N-dealkylation sites (N-methyl/N-ethyl adjacent to an activating group) is 1. The minimum Gasteiger partial charge on any atom is -0.370 e. The zero-order chi connectivity index (χ0) is 15.1. The molecule has 6 heteroatoms. The van der Waals surface area contributed by atoms with Gasteiger partial charge in [0.2, 0.25) is 0 Å². The van der Waals surface area contributed by atoms with Crippen molar-refractivity contribution in [1.82, 2.24) is 19.8 Å². The Kier molecular flexibility index (Phi) is 6.20. The van der Waals surface area contributed by atoms with E-state index in [2.05, 4.69) is 57.1 Å². The quantitative estimate of drug-likeness (QED) is 0.808. The summed E-state index contributed by atoms with van der Waals surface area (Å²) in [5.74, 6) is 1.97. The van der Waals surface area contributed by atoms with E-state index in [1.54, 1.807) is 6.33 Å². The molecule has 1 N–H and O–H groups in total. The maximum Gasteiger partial charge on any atom is 0.134 e. The van der Waals surface area contributed by atoms with E-state index in [1.165, 1.54) is 0 Å². The van der Waals surface area contributed by atoms with Crippen LogP contribution in [0.3, 0.4) is 0 Å². The second-order valence-electron chi connectivity index (χ2n) is 5.82. The highest BCUT2D eigenvalue weighted by Gasteiger charge is 2.18. The van der Waals surface area contributed by atoms with Crippen LogP contribution < -0.4 is 10.2 Å². The van der Waals surface area contributed by atoms with Crippen LogP contribution in [0.15, 0.2) is 12.4 Å². The van der Waals surface area contributed by atoms with Crippen LogP contribution in [0.5, 0.6) is 0 Å². The lowest BCUT2D eigenvalue weighted by atomic mass is 10.3. The maximum absolute atomic E-state index is 4.42. The molecular formula is C15H28N6. The predicted molar refractivity (Wildman–Crippen MR) is 88.0 cm³/mol. The van der Waals surface area contributed by atoms with Crippen molar-refractivity contribution < 1.29 is 0 Å². The molecule has 0 atom stereocenters. The first-order chi connectivity index (χ1) is 10.2. The lowest BCUT2D eigenvalue weighted by Gasteiger charge is -2.35. The topological polar surface area (TPSA) is 47.5 Å². The number of anilines is 2. The largest absolute Gasteiger partial charge is 0.370 e. The van der Waals surface area contributed by atoms with E-state index in [9.17, 15) is 0 Å². The van der Waals surface area contributed by atoms with Crippen LogP contribution >= 0.6 is 0 Å². The summed E-state index contributed by atoms with van der Waals surface area (Å²) in [4.78, 5) is 15.8. The summed E-state index contributed by atoms with van der Waals surface area (Å²) in [7, 11) is 4.25. The molecule has 0 aromatic carbocycles. The second kappa shape index (κ2) is 8.14. The molecule has 2 heterocycles. The standard InChI is InChI=1S/C15H28N6/c1-4-5-16-14-12-15(18-13-17-14)21-10-8-20(9-11-21)7-6-19(2)3/h12-13H,4-11H2,1-3H3,(H,16,17,18). The van der Waals surface area contributed by atoms with E-state index < -0.39 is 0 Å². The van der Waals surface area contributed by atoms with Gasteiger partial charge in [-0.25, -0.2) is 9.97 Å². The summed E-state index contributed by atoms with van der Waals surface area (Å²) in [5.41, 5.74) is 0. The predicted octanol–water partition coefficient (Wildman–Crippen LogP) is 0.982. The van der Waals surface area contributed by atoms with E-state index >= 15 is 0 Å². The van der Waals surface area contributed by atoms with E-state index in [0.29, 0.717) is 0 Å². The molecule has 1 aliphatic rings. The van der Waals surface area contributed by atoms with Crippen LogP contribution in [0, 0.1) is 0 Å². The molecule has 0 aliphatic carbocycles. The lowest BCUT2D eigenvalue weighted by molar-refractivity contribution is 0.229. The Hall–Kier alpha value is -1.40. The van der Waals surface area contributed by atoms with Crippen LogP contribution in [-0.4, -0.2) is 79.7 Å². The highest BCUT2D eigenvalue weighted by Crippen LogP contribution is 2.16. The van der Waals surface area contributed by atoms with Crippen molar-refractivity contribution in [3.8, 4) is 0 Å². The van der Waals surface area contributed by atoms with Gasteiger partial charge in [0.05, 0.1) is 0 Å². The van der Waals surface area contributed by atoms with Crippen LogP contribution in [0.2, 0.25) is 0 Å². The third-order valence-corrected chi connectivity index (χ3v) is 3.77. The number of nitrogens with one attached hydrogen (secondary N) is 1. The fourth-order valence-corrected chi connectivity index (χ4v) is 2.41. The minimum absolute atomic E-state index is 0.928. The van der Waals surface area contributed by atoms with Gasteiger partial charge in [-0.3, -0.25) is 4.90 Å². The molecule has 2 rings (SSSR count). The fourth-order valence-electron chi connectivity index (χ4n) is 2.41. The first kappa shape index (κ1) is 16.0. The highest BCUT2D eigenvalue weighted by atomic mass is 15.3. The Labute approximate surface area is 128 Å². The molecule has 0 saturated carbocycles. The van der Waals surface area contributed by atoms with E-state index in [1.807, 2.05) is 0 Å². The maximum atomic E-state index is 4.42. The molecule has 1 aliphatic heterocycles. The normalized spacial score (nSPS) is 16.5. The fraction of sp³-hybridized carbons (Fsp3) is 0.733. The minimum atomic E-state index is 0.928. The van der Waals surface area contributed by atoms with Crippen molar-refractivity contribution in [2.24, 2.45) is 0 Å². The van der Waals surface area contributed by atoms with Crippen molar-refractivity contribution in [3.05, 3.63) is 12.4 Å². The van der Waals surface area contributed by atoms with Gasteiger partial charge in [0.1, 0.15) is 18.0 Å². The van der Waals surface area contributed by atoms with Crippen LogP contribution in [0.4, 0.5) is 11.6 Å². The number of rotatable bonds is 7. The Bertz CT molecular complexity index is 414. The first-order valence-electron chi connectivity index (χ1n) is 7.87. The Morgan fingerprint density at radius 1 is 1.19 bits per heavy atom. The molecule has 1 saturated heterocycles. The summed E-state index contributed by atoms with van der Waals surface area (Å²) < 4.78 is 0. The van der Waals surface area contributed by atoms with Crippen LogP contribution in [-0.2, 0) is 0 Å². The highest BCUT2D eigenvalue weighted by molar-refractivity contribution is 5.48. The monoisotopic (exact) mass is 292 g/mol. The molecule has 1 aromatic heterocycles. The summed E-state index contributed by atoms with van der Waals surface area (Å²) in [6, 6.07) is 2.06. The number of nitrogens with zero attached hydrogens (tertiary/aromatic N) is 5. The van der Waals surface area contributed by atoms with Crippen molar-refractivity contribution in [1.29, 1.82) is 0 Å². The zero-order valence-electron chi connectivity index (χ0n) is 13.5. The van der Waals surface area contributed by atoms with Gasteiger partial charge in [-0.15, -0.1) is 0 Å². The Balaban J connectivity index is 1.84. The zero-order valence-corrected chi connectivity index (χ0v) is 13.5. The average molecular weight is 292 g/mol. The molecule has 0 amide bonds. The summed E-state index contributed by atoms with van der Waals surface area (Å²) in [6.45, 7) is 9.67. The third kappa shape index (κ3) is 5.13. The summed E-state index contributed by atoms with van der Waals surface area (Å²) >= 11 is 0. The number of hydrogen-bond donors (Lipinski definition) is 1. The van der Waals surface area contributed by atoms with Crippen molar-refractivity contribution >= 4 is 11.6 Å². The van der Waals surface area contributed by atoms with Gasteiger partial charge >= 0.3 is 0 Å². The van der Waals surface area contributed by atoms with Gasteiger partial charge in [-0.2, -0.15) is 0 Å². The molecule has 1 fully saturated rings. The van der Waals surface area contributed by atoms with E-state index in [4.69, 9.17) is 0 Å². The van der Waals surface area contributed by atoms with Gasteiger partial charge in [0, 0.05) is 51.9 Å². The molecule has 118 valence electrons. The molecule has 0 bridgehead atoms. The molecule has 0 unspecified atom stereocenters. The summed E-state index contributed by atoms with van der Waals surface area (Å²) in [6.07, 6.45) is 2.76. The lowest BCUT2D eigenvalue weighted by Crippen LogP contribution is -2.48. The van der Waals surface area contributed by atoms with E-state index in [0.717, 1.165) is 63.9 Å². The van der Waals surface area contributed by atoms with Gasteiger partial charge in [0.25, 0.3) is 0 Å². The first-order valence-corrected chi connectivity index (χ1v) is 7.87. The van der Waals surface area contributed by atoms with Gasteiger partial charge in [-0.1, -0.05) is 6.92 Å².